The quantitative estimate of drug-likeness (QED) is 0.378. The minimum absolute atomic E-state index is 0.128. The van der Waals surface area contributed by atoms with E-state index in [9.17, 15) is 4.79 Å². The van der Waals surface area contributed by atoms with E-state index >= 15 is 0 Å². The summed E-state index contributed by atoms with van der Waals surface area (Å²) in [6.07, 6.45) is 0. The lowest BCUT2D eigenvalue weighted by molar-refractivity contribution is -0.114. The highest BCUT2D eigenvalue weighted by molar-refractivity contribution is 7.98. The second kappa shape index (κ2) is 9.76. The van der Waals surface area contributed by atoms with Crippen molar-refractivity contribution in [2.24, 2.45) is 0 Å². The summed E-state index contributed by atoms with van der Waals surface area (Å²) in [4.78, 5) is 15.7. The Kier molecular flexibility index (Phi) is 6.63. The van der Waals surface area contributed by atoms with E-state index in [-0.39, 0.29) is 5.91 Å². The molecule has 0 fully saturated rings. The smallest absolute Gasteiger partial charge is 0.223 e. The van der Waals surface area contributed by atoms with Crippen molar-refractivity contribution in [3.8, 4) is 22.8 Å². The Balaban J connectivity index is 1.63. The Labute approximate surface area is 188 Å². The molecule has 31 heavy (non-hydrogen) atoms. The maximum Gasteiger partial charge on any atom is 0.223 e. The van der Waals surface area contributed by atoms with E-state index in [0.29, 0.717) is 17.5 Å². The van der Waals surface area contributed by atoms with Gasteiger partial charge in [-0.15, -0.1) is 21.5 Å². The third kappa shape index (κ3) is 5.12. The second-order valence-corrected chi connectivity index (χ2v) is 8.35. The van der Waals surface area contributed by atoms with Crippen molar-refractivity contribution in [3.63, 3.8) is 0 Å². The summed E-state index contributed by atoms with van der Waals surface area (Å²) in [5.41, 5.74) is 2.81. The number of rotatable bonds is 8. The molecule has 0 radical (unpaired) electrons. The molecule has 2 aromatic heterocycles. The largest absolute Gasteiger partial charge is 0.494 e. The predicted octanol–water partition coefficient (Wildman–Crippen LogP) is 5.04. The molecule has 2 aromatic carbocycles. The molecule has 9 heteroatoms. The summed E-state index contributed by atoms with van der Waals surface area (Å²) in [6, 6.07) is 17.9. The lowest BCUT2D eigenvalue weighted by atomic mass is 10.2. The van der Waals surface area contributed by atoms with E-state index in [2.05, 4.69) is 20.5 Å². The van der Waals surface area contributed by atoms with Crippen LogP contribution < -0.4 is 10.1 Å². The van der Waals surface area contributed by atoms with Gasteiger partial charge in [0.25, 0.3) is 0 Å². The molecular weight excluding hydrogens is 430 g/mol. The van der Waals surface area contributed by atoms with Gasteiger partial charge in [-0.25, -0.2) is 4.98 Å². The third-order valence-corrected chi connectivity index (χ3v) is 6.02. The molecule has 0 aliphatic carbocycles. The third-order valence-electron chi connectivity index (χ3n) is 4.26. The van der Waals surface area contributed by atoms with Crippen molar-refractivity contribution >= 4 is 34.1 Å². The summed E-state index contributed by atoms with van der Waals surface area (Å²) in [5.74, 6) is 2.07. The van der Waals surface area contributed by atoms with Gasteiger partial charge < -0.3 is 10.1 Å². The van der Waals surface area contributed by atoms with Gasteiger partial charge in [-0.05, 0) is 31.2 Å². The van der Waals surface area contributed by atoms with Gasteiger partial charge in [0.1, 0.15) is 5.75 Å². The van der Waals surface area contributed by atoms with E-state index in [4.69, 9.17) is 4.74 Å². The average Bonchev–Trinajstić information content (AvgIpc) is 3.40. The van der Waals surface area contributed by atoms with Crippen LogP contribution in [0.1, 0.15) is 19.5 Å². The van der Waals surface area contributed by atoms with Crippen LogP contribution in [0.5, 0.6) is 5.75 Å². The van der Waals surface area contributed by atoms with E-state index in [1.807, 2.05) is 71.5 Å². The molecule has 0 aliphatic rings. The Bertz CT molecular complexity index is 1160. The molecule has 7 nitrogen and oxygen atoms in total. The van der Waals surface area contributed by atoms with Crippen LogP contribution in [0.3, 0.4) is 0 Å². The first-order valence-electron chi connectivity index (χ1n) is 9.73. The summed E-state index contributed by atoms with van der Waals surface area (Å²) in [7, 11) is 0. The number of anilines is 1. The predicted molar refractivity (Wildman–Crippen MR) is 124 cm³/mol. The Morgan fingerprint density at radius 2 is 1.90 bits per heavy atom. The Morgan fingerprint density at radius 1 is 1.13 bits per heavy atom. The van der Waals surface area contributed by atoms with Crippen molar-refractivity contribution in [1.82, 2.24) is 19.7 Å². The number of amides is 1. The fourth-order valence-electron chi connectivity index (χ4n) is 2.95. The number of nitrogens with zero attached hydrogens (tertiary/aromatic N) is 4. The average molecular weight is 452 g/mol. The highest BCUT2D eigenvalue weighted by atomic mass is 32.2. The van der Waals surface area contributed by atoms with Crippen LogP contribution in [-0.4, -0.2) is 32.3 Å². The number of nitrogens with one attached hydrogen (secondary N) is 1. The maximum atomic E-state index is 11.2. The lowest BCUT2D eigenvalue weighted by Crippen LogP contribution is -2.05. The van der Waals surface area contributed by atoms with Crippen LogP contribution in [0.4, 0.5) is 5.13 Å². The van der Waals surface area contributed by atoms with Crippen LogP contribution in [0.25, 0.3) is 17.1 Å². The number of thioether (sulfide) groups is 1. The number of hydrogen-bond acceptors (Lipinski definition) is 7. The summed E-state index contributed by atoms with van der Waals surface area (Å²) in [5, 5.41) is 14.9. The van der Waals surface area contributed by atoms with Crippen molar-refractivity contribution in [2.75, 3.05) is 11.9 Å². The highest BCUT2D eigenvalue weighted by Gasteiger charge is 2.17. The zero-order chi connectivity index (χ0) is 21.6. The normalized spacial score (nSPS) is 10.8. The summed E-state index contributed by atoms with van der Waals surface area (Å²) in [6.45, 7) is 4.06. The Hall–Kier alpha value is -3.17. The molecule has 2 heterocycles. The van der Waals surface area contributed by atoms with Crippen molar-refractivity contribution in [1.29, 1.82) is 0 Å². The first-order valence-corrected chi connectivity index (χ1v) is 11.6. The number of benzene rings is 2. The van der Waals surface area contributed by atoms with Gasteiger partial charge in [0.2, 0.25) is 5.91 Å². The molecule has 4 aromatic rings. The molecule has 1 amide bonds. The van der Waals surface area contributed by atoms with Gasteiger partial charge in [-0.1, -0.05) is 42.1 Å². The molecule has 1 N–H and O–H groups in total. The Morgan fingerprint density at radius 3 is 2.61 bits per heavy atom. The van der Waals surface area contributed by atoms with Gasteiger partial charge in [0, 0.05) is 29.3 Å². The topological polar surface area (TPSA) is 81.9 Å². The van der Waals surface area contributed by atoms with Gasteiger partial charge in [0.15, 0.2) is 16.1 Å². The number of aromatic nitrogens is 4. The molecule has 0 aliphatic heterocycles. The standard InChI is InChI=1S/C22H21N5O2S2/c1-3-29-19-11-9-18(10-12-19)27-20(16-7-5-4-6-8-16)25-26-22(27)31-14-17-13-30-21(24-17)23-15(2)28/h4-13H,3,14H2,1-2H3,(H,23,24,28). The molecule has 158 valence electrons. The molecular formula is C22H21N5O2S2. The van der Waals surface area contributed by atoms with Crippen molar-refractivity contribution in [2.45, 2.75) is 24.8 Å². The van der Waals surface area contributed by atoms with E-state index in [1.165, 1.54) is 18.3 Å². The van der Waals surface area contributed by atoms with E-state index in [0.717, 1.165) is 33.7 Å². The number of hydrogen-bond donors (Lipinski definition) is 1. The van der Waals surface area contributed by atoms with Crippen LogP contribution >= 0.6 is 23.1 Å². The fourth-order valence-corrected chi connectivity index (χ4v) is 4.65. The van der Waals surface area contributed by atoms with Crippen LogP contribution in [0.2, 0.25) is 0 Å². The van der Waals surface area contributed by atoms with Gasteiger partial charge in [-0.3, -0.25) is 9.36 Å². The number of carbonyl (C=O) groups excluding carboxylic acids is 1. The molecule has 0 spiro atoms. The summed E-state index contributed by atoms with van der Waals surface area (Å²) < 4.78 is 7.61. The highest BCUT2D eigenvalue weighted by Crippen LogP contribution is 2.31. The molecule has 0 saturated carbocycles. The zero-order valence-corrected chi connectivity index (χ0v) is 18.7. The van der Waals surface area contributed by atoms with Crippen molar-refractivity contribution < 1.29 is 9.53 Å². The SMILES string of the molecule is CCOc1ccc(-n2c(SCc3csc(NC(C)=O)n3)nnc2-c2ccccc2)cc1. The molecule has 0 atom stereocenters. The monoisotopic (exact) mass is 451 g/mol. The zero-order valence-electron chi connectivity index (χ0n) is 17.1. The number of thiazole rings is 1. The maximum absolute atomic E-state index is 11.2. The van der Waals surface area contributed by atoms with Crippen LogP contribution in [0, 0.1) is 0 Å². The first kappa shape index (κ1) is 21.1. The first-order chi connectivity index (χ1) is 15.1. The summed E-state index contributed by atoms with van der Waals surface area (Å²) >= 11 is 2.96. The van der Waals surface area contributed by atoms with Gasteiger partial charge >= 0.3 is 0 Å². The molecule has 0 unspecified atom stereocenters. The number of carbonyl (C=O) groups is 1. The lowest BCUT2D eigenvalue weighted by Gasteiger charge is -2.11. The molecule has 0 bridgehead atoms. The van der Waals surface area contributed by atoms with Crippen molar-refractivity contribution in [3.05, 3.63) is 65.7 Å². The van der Waals surface area contributed by atoms with Gasteiger partial charge in [-0.2, -0.15) is 0 Å². The minimum atomic E-state index is -0.128. The van der Waals surface area contributed by atoms with E-state index in [1.54, 1.807) is 11.8 Å². The van der Waals surface area contributed by atoms with E-state index < -0.39 is 0 Å². The number of ether oxygens (including phenoxy) is 1. The minimum Gasteiger partial charge on any atom is -0.494 e. The second-order valence-electron chi connectivity index (χ2n) is 6.55. The van der Waals surface area contributed by atoms with Crippen LogP contribution in [0.15, 0.2) is 65.1 Å². The molecule has 4 rings (SSSR count). The fraction of sp³-hybridized carbons (Fsp3) is 0.182. The molecule has 0 saturated heterocycles. The van der Waals surface area contributed by atoms with Gasteiger partial charge in [0.05, 0.1) is 12.3 Å². The van der Waals surface area contributed by atoms with Crippen LogP contribution in [-0.2, 0) is 10.5 Å².